The minimum absolute atomic E-state index is 0.0559. The van der Waals surface area contributed by atoms with E-state index in [2.05, 4.69) is 10.3 Å². The van der Waals surface area contributed by atoms with Crippen LogP contribution in [0, 0.1) is 12.8 Å². The van der Waals surface area contributed by atoms with Crippen molar-refractivity contribution in [1.29, 1.82) is 0 Å². The fourth-order valence-electron chi connectivity index (χ4n) is 3.82. The molecule has 1 atom stereocenters. The van der Waals surface area contributed by atoms with Gasteiger partial charge in [0.2, 0.25) is 11.8 Å². The second-order valence-electron chi connectivity index (χ2n) is 7.44. The standard InChI is InChI=1S/C19H29N3O3S/c1-14-13-26-19(20-14)21-17(23)12-22(11-16-7-4-10-25-16)18(24)9-8-15-5-2-3-6-15/h13,15-16H,2-12H2,1H3,(H,20,21,23). The van der Waals surface area contributed by atoms with Crippen LogP contribution in [0.2, 0.25) is 0 Å². The summed E-state index contributed by atoms with van der Waals surface area (Å²) in [4.78, 5) is 31.1. The number of rotatable bonds is 8. The number of hydrogen-bond donors (Lipinski definition) is 1. The fourth-order valence-corrected chi connectivity index (χ4v) is 4.52. The summed E-state index contributed by atoms with van der Waals surface area (Å²) in [6.45, 7) is 3.22. The number of nitrogens with one attached hydrogen (secondary N) is 1. The number of hydrogen-bond acceptors (Lipinski definition) is 5. The third kappa shape index (κ3) is 5.77. The molecule has 0 spiro atoms. The smallest absolute Gasteiger partial charge is 0.245 e. The first kappa shape index (κ1) is 19.3. The molecule has 26 heavy (non-hydrogen) atoms. The predicted molar refractivity (Wildman–Crippen MR) is 102 cm³/mol. The highest BCUT2D eigenvalue weighted by atomic mass is 32.1. The molecule has 1 aromatic rings. The normalized spacial score (nSPS) is 20.4. The number of aromatic nitrogens is 1. The van der Waals surface area contributed by atoms with Gasteiger partial charge in [-0.1, -0.05) is 25.7 Å². The zero-order valence-corrected chi connectivity index (χ0v) is 16.4. The van der Waals surface area contributed by atoms with Crippen molar-refractivity contribution in [3.05, 3.63) is 11.1 Å². The van der Waals surface area contributed by atoms with Crippen molar-refractivity contribution in [3.8, 4) is 0 Å². The molecule has 2 heterocycles. The maximum absolute atomic E-state index is 12.8. The number of carbonyl (C=O) groups excluding carboxylic acids is 2. The van der Waals surface area contributed by atoms with E-state index >= 15 is 0 Å². The summed E-state index contributed by atoms with van der Waals surface area (Å²) in [5, 5.41) is 5.29. The first-order valence-corrected chi connectivity index (χ1v) is 10.6. The molecule has 1 aliphatic carbocycles. The molecule has 6 nitrogen and oxygen atoms in total. The highest BCUT2D eigenvalue weighted by Gasteiger charge is 2.25. The Labute approximate surface area is 159 Å². The molecular formula is C19H29N3O3S. The summed E-state index contributed by atoms with van der Waals surface area (Å²) < 4.78 is 5.68. The molecule has 2 amide bonds. The monoisotopic (exact) mass is 379 g/mol. The van der Waals surface area contributed by atoms with Gasteiger partial charge in [-0.05, 0) is 32.1 Å². The van der Waals surface area contributed by atoms with Crippen LogP contribution >= 0.6 is 11.3 Å². The van der Waals surface area contributed by atoms with E-state index in [1.807, 2.05) is 12.3 Å². The predicted octanol–water partition coefficient (Wildman–Crippen LogP) is 3.37. The maximum Gasteiger partial charge on any atom is 0.245 e. The summed E-state index contributed by atoms with van der Waals surface area (Å²) in [6, 6.07) is 0. The van der Waals surface area contributed by atoms with Gasteiger partial charge in [0.1, 0.15) is 6.54 Å². The lowest BCUT2D eigenvalue weighted by Crippen LogP contribution is -2.42. The molecule has 1 unspecified atom stereocenters. The van der Waals surface area contributed by atoms with Gasteiger partial charge in [-0.2, -0.15) is 0 Å². The average Bonchev–Trinajstić information content (AvgIpc) is 3.35. The third-order valence-corrected chi connectivity index (χ3v) is 6.12. The molecule has 1 N–H and O–H groups in total. The zero-order valence-electron chi connectivity index (χ0n) is 15.5. The van der Waals surface area contributed by atoms with Gasteiger partial charge in [-0.3, -0.25) is 9.59 Å². The molecule has 0 radical (unpaired) electrons. The number of anilines is 1. The largest absolute Gasteiger partial charge is 0.376 e. The molecule has 1 aromatic heterocycles. The third-order valence-electron chi connectivity index (χ3n) is 5.24. The minimum Gasteiger partial charge on any atom is -0.376 e. The number of nitrogens with zero attached hydrogens (tertiary/aromatic N) is 2. The second-order valence-corrected chi connectivity index (χ2v) is 8.30. The molecule has 2 fully saturated rings. The topological polar surface area (TPSA) is 71.5 Å². The molecule has 2 aliphatic rings. The van der Waals surface area contributed by atoms with Crippen molar-refractivity contribution in [3.63, 3.8) is 0 Å². The molecule has 1 saturated carbocycles. The summed E-state index contributed by atoms with van der Waals surface area (Å²) in [5.41, 5.74) is 0.883. The molecule has 1 saturated heterocycles. The van der Waals surface area contributed by atoms with Crippen LogP contribution in [0.15, 0.2) is 5.38 Å². The Morgan fingerprint density at radius 3 is 2.77 bits per heavy atom. The van der Waals surface area contributed by atoms with Crippen molar-refractivity contribution in [2.24, 2.45) is 5.92 Å². The summed E-state index contributed by atoms with van der Waals surface area (Å²) in [6.07, 6.45) is 8.56. The maximum atomic E-state index is 12.8. The minimum atomic E-state index is -0.188. The molecule has 0 aromatic carbocycles. The summed E-state index contributed by atoms with van der Waals surface area (Å²) >= 11 is 1.40. The van der Waals surface area contributed by atoms with Gasteiger partial charge in [-0.15, -0.1) is 11.3 Å². The molecule has 144 valence electrons. The Bertz CT molecular complexity index is 607. The van der Waals surface area contributed by atoms with Crippen molar-refractivity contribution in [1.82, 2.24) is 9.88 Å². The Hall–Kier alpha value is -1.47. The van der Waals surface area contributed by atoms with E-state index in [1.165, 1.54) is 37.0 Å². The van der Waals surface area contributed by atoms with E-state index in [-0.39, 0.29) is 24.5 Å². The molecular weight excluding hydrogens is 350 g/mol. The lowest BCUT2D eigenvalue weighted by molar-refractivity contribution is -0.136. The number of carbonyl (C=O) groups is 2. The molecule has 7 heteroatoms. The van der Waals surface area contributed by atoms with Crippen molar-refractivity contribution in [2.45, 2.75) is 64.4 Å². The van der Waals surface area contributed by atoms with E-state index in [9.17, 15) is 9.59 Å². The number of amides is 2. The van der Waals surface area contributed by atoms with E-state index in [0.717, 1.165) is 31.6 Å². The van der Waals surface area contributed by atoms with Crippen LogP contribution in [0.1, 0.15) is 57.1 Å². The number of thiazole rings is 1. The van der Waals surface area contributed by atoms with Gasteiger partial charge in [0.15, 0.2) is 5.13 Å². The average molecular weight is 380 g/mol. The summed E-state index contributed by atoms with van der Waals surface area (Å²) in [5.74, 6) is 0.556. The Balaban J connectivity index is 1.54. The van der Waals surface area contributed by atoms with Crippen molar-refractivity contribution < 1.29 is 14.3 Å². The molecule has 1 aliphatic heterocycles. The van der Waals surface area contributed by atoms with Gasteiger partial charge in [0.25, 0.3) is 0 Å². The number of aryl methyl sites for hydroxylation is 1. The van der Waals surface area contributed by atoms with Crippen LogP contribution in [0.25, 0.3) is 0 Å². The van der Waals surface area contributed by atoms with Crippen LogP contribution < -0.4 is 5.32 Å². The van der Waals surface area contributed by atoms with Gasteiger partial charge >= 0.3 is 0 Å². The van der Waals surface area contributed by atoms with Gasteiger partial charge in [0.05, 0.1) is 11.8 Å². The van der Waals surface area contributed by atoms with Crippen LogP contribution in [0.5, 0.6) is 0 Å². The van der Waals surface area contributed by atoms with E-state index < -0.39 is 0 Å². The van der Waals surface area contributed by atoms with Crippen LogP contribution in [-0.4, -0.2) is 47.5 Å². The number of ether oxygens (including phenoxy) is 1. The second kappa shape index (κ2) is 9.46. The van der Waals surface area contributed by atoms with Crippen molar-refractivity contribution >= 4 is 28.3 Å². The lowest BCUT2D eigenvalue weighted by atomic mass is 10.0. The lowest BCUT2D eigenvalue weighted by Gasteiger charge is -2.25. The Morgan fingerprint density at radius 1 is 1.31 bits per heavy atom. The first-order chi connectivity index (χ1) is 12.6. The first-order valence-electron chi connectivity index (χ1n) is 9.71. The van der Waals surface area contributed by atoms with Crippen LogP contribution in [0.4, 0.5) is 5.13 Å². The molecule has 0 bridgehead atoms. The Kier molecular flexibility index (Phi) is 7.02. The Morgan fingerprint density at radius 2 is 2.12 bits per heavy atom. The quantitative estimate of drug-likeness (QED) is 0.752. The van der Waals surface area contributed by atoms with Gasteiger partial charge in [0, 0.05) is 25.0 Å². The van der Waals surface area contributed by atoms with E-state index in [4.69, 9.17) is 4.74 Å². The van der Waals surface area contributed by atoms with Gasteiger partial charge in [-0.25, -0.2) is 4.98 Å². The van der Waals surface area contributed by atoms with E-state index in [0.29, 0.717) is 24.0 Å². The van der Waals surface area contributed by atoms with Crippen LogP contribution in [0.3, 0.4) is 0 Å². The SMILES string of the molecule is Cc1csc(NC(=O)CN(CC2CCCO2)C(=O)CCC2CCCC2)n1. The highest BCUT2D eigenvalue weighted by Crippen LogP contribution is 2.28. The van der Waals surface area contributed by atoms with Crippen LogP contribution in [-0.2, 0) is 14.3 Å². The molecule has 3 rings (SSSR count). The van der Waals surface area contributed by atoms with E-state index in [1.54, 1.807) is 4.90 Å². The fraction of sp³-hybridized carbons (Fsp3) is 0.737. The van der Waals surface area contributed by atoms with Crippen molar-refractivity contribution in [2.75, 3.05) is 25.0 Å². The van der Waals surface area contributed by atoms with Gasteiger partial charge < -0.3 is 15.0 Å². The zero-order chi connectivity index (χ0) is 18.4. The summed E-state index contributed by atoms with van der Waals surface area (Å²) in [7, 11) is 0. The highest BCUT2D eigenvalue weighted by molar-refractivity contribution is 7.13.